The highest BCUT2D eigenvalue weighted by atomic mass is 16.5. The average molecular weight is 747 g/mol. The molecule has 2 aliphatic rings. The number of para-hydroxylation sites is 4. The predicted octanol–water partition coefficient (Wildman–Crippen LogP) is 12.6. The number of hydrogen-bond donors (Lipinski definition) is 0. The molecule has 2 aliphatic heterocycles. The Morgan fingerprint density at radius 2 is 0.707 bits per heavy atom. The summed E-state index contributed by atoms with van der Waals surface area (Å²) < 4.78 is 14.3. The quantitative estimate of drug-likeness (QED) is 0.145. The van der Waals surface area contributed by atoms with Crippen molar-refractivity contribution in [1.29, 1.82) is 0 Å². The van der Waals surface area contributed by atoms with Crippen molar-refractivity contribution in [2.24, 2.45) is 0 Å². The third kappa shape index (κ3) is 5.54. The van der Waals surface area contributed by atoms with Gasteiger partial charge in [0.15, 0.2) is 0 Å². The molecule has 276 valence electrons. The zero-order chi connectivity index (χ0) is 38.6. The maximum atomic E-state index is 7.17. The summed E-state index contributed by atoms with van der Waals surface area (Å²) in [5.74, 6) is 3.44. The number of aryl methyl sites for hydroxylation is 1. The van der Waals surface area contributed by atoms with Gasteiger partial charge in [0, 0.05) is 51.1 Å². The summed E-state index contributed by atoms with van der Waals surface area (Å²) in [5.41, 5.74) is 11.1. The van der Waals surface area contributed by atoms with E-state index in [4.69, 9.17) is 9.47 Å². The first kappa shape index (κ1) is 34.0. The van der Waals surface area contributed by atoms with Gasteiger partial charge in [-0.2, -0.15) is 0 Å². The van der Waals surface area contributed by atoms with Gasteiger partial charge in [-0.05, 0) is 94.3 Å². The normalized spacial score (nSPS) is 12.3. The van der Waals surface area contributed by atoms with Crippen LogP contribution in [0.4, 0.5) is 34.1 Å². The largest absolute Gasteiger partial charge is 0.458 e. The summed E-state index contributed by atoms with van der Waals surface area (Å²) >= 11 is 0. The van der Waals surface area contributed by atoms with Crippen LogP contribution in [0.2, 0.25) is 0 Å². The van der Waals surface area contributed by atoms with E-state index in [1.54, 1.807) is 0 Å². The Morgan fingerprint density at radius 3 is 1.07 bits per heavy atom. The Kier molecular flexibility index (Phi) is 8.25. The number of fused-ring (bicyclic) bond motifs is 8. The molecule has 0 fully saturated rings. The predicted molar refractivity (Wildman–Crippen MR) is 243 cm³/mol. The first-order chi connectivity index (χ1) is 28.7. The van der Waals surface area contributed by atoms with Crippen LogP contribution in [0.5, 0.6) is 23.0 Å². The maximum absolute atomic E-state index is 7.17. The van der Waals surface area contributed by atoms with Crippen LogP contribution in [0.1, 0.15) is 18.9 Å². The van der Waals surface area contributed by atoms with Crippen LogP contribution in [0, 0.1) is 0 Å². The van der Waals surface area contributed by atoms with E-state index in [0.29, 0.717) is 0 Å². The minimum atomic E-state index is -0.144. The molecule has 0 unspecified atom stereocenters. The zero-order valence-corrected chi connectivity index (χ0v) is 32.2. The maximum Gasteiger partial charge on any atom is 0.262 e. The monoisotopic (exact) mass is 746 g/mol. The lowest BCUT2D eigenvalue weighted by molar-refractivity contribution is 0.464. The molecule has 0 amide bonds. The third-order valence-corrected chi connectivity index (χ3v) is 11.6. The second-order valence-corrected chi connectivity index (χ2v) is 15.1. The number of benzene rings is 9. The molecule has 58 heavy (non-hydrogen) atoms. The van der Waals surface area contributed by atoms with E-state index in [1.807, 2.05) is 0 Å². The smallest absolute Gasteiger partial charge is 0.262 e. The van der Waals surface area contributed by atoms with Crippen LogP contribution in [0.3, 0.4) is 0 Å². The first-order valence-electron chi connectivity index (χ1n) is 20.2. The van der Waals surface area contributed by atoms with Crippen LogP contribution < -0.4 is 35.7 Å². The summed E-state index contributed by atoms with van der Waals surface area (Å²) in [6, 6.07) is 69.2. The molecular formula is C53H39BN2O2. The van der Waals surface area contributed by atoms with Crippen LogP contribution in [-0.4, -0.2) is 6.71 Å². The topological polar surface area (TPSA) is 24.9 Å². The van der Waals surface area contributed by atoms with E-state index in [-0.39, 0.29) is 6.71 Å². The molecule has 0 spiro atoms. The third-order valence-electron chi connectivity index (χ3n) is 11.6. The van der Waals surface area contributed by atoms with E-state index in [1.165, 1.54) is 5.56 Å². The number of ether oxygens (including phenoxy) is 2. The fraction of sp³-hybridized carbons (Fsp3) is 0.0566. The second kappa shape index (κ2) is 14.1. The minimum Gasteiger partial charge on any atom is -0.458 e. The SMILES string of the molecule is CCCc1cc2c3c(c1)Oc1cc(N(c4ccccc4)c4ccccc4)c4ccccc4c1B3c1c(cc(N(c3ccccc3)c3ccccc3)c3ccccc13)O2. The van der Waals surface area contributed by atoms with E-state index in [9.17, 15) is 0 Å². The van der Waals surface area contributed by atoms with Gasteiger partial charge in [-0.3, -0.25) is 0 Å². The molecule has 2 heterocycles. The molecule has 0 aromatic heterocycles. The first-order valence-corrected chi connectivity index (χ1v) is 20.2. The fourth-order valence-electron chi connectivity index (χ4n) is 9.22. The Hall–Kier alpha value is -7.24. The molecule has 0 atom stereocenters. The number of rotatable bonds is 8. The molecule has 0 radical (unpaired) electrons. The standard InChI is InChI=1S/C53H39BN2O2/c1-2-19-36-32-47-53-48(33-36)58-50-35-46(56(39-24-11-5-12-25-39)40-26-13-6-14-27-40)42-29-16-18-31-44(42)52(50)54(53)51-43-30-17-15-28-41(43)45(34-49(51)57-47)55(37-20-7-3-8-21-37)38-22-9-4-10-23-38/h3-18,20-35H,2,19H2,1H3. The highest BCUT2D eigenvalue weighted by Crippen LogP contribution is 2.47. The average Bonchev–Trinajstić information content (AvgIpc) is 3.28. The van der Waals surface area contributed by atoms with Gasteiger partial charge in [0.2, 0.25) is 0 Å². The molecule has 0 saturated carbocycles. The molecule has 0 N–H and O–H groups in total. The molecule has 9 aromatic rings. The second-order valence-electron chi connectivity index (χ2n) is 15.1. The van der Waals surface area contributed by atoms with Crippen LogP contribution in [0.25, 0.3) is 21.5 Å². The highest BCUT2D eigenvalue weighted by Gasteiger charge is 2.43. The van der Waals surface area contributed by atoms with Crippen molar-refractivity contribution < 1.29 is 9.47 Å². The van der Waals surface area contributed by atoms with Gasteiger partial charge in [-0.25, -0.2) is 0 Å². The molecule has 11 rings (SSSR count). The highest BCUT2D eigenvalue weighted by molar-refractivity contribution is 7.01. The molecular weight excluding hydrogens is 707 g/mol. The lowest BCUT2D eigenvalue weighted by Gasteiger charge is -2.37. The summed E-state index contributed by atoms with van der Waals surface area (Å²) in [6.45, 7) is 2.08. The van der Waals surface area contributed by atoms with E-state index in [0.717, 1.165) is 108 Å². The lowest BCUT2D eigenvalue weighted by Crippen LogP contribution is -2.58. The Bertz CT molecular complexity index is 2700. The molecule has 0 saturated heterocycles. The summed E-state index contributed by atoms with van der Waals surface area (Å²) in [6.07, 6.45) is 1.94. The van der Waals surface area contributed by atoms with Crippen LogP contribution in [-0.2, 0) is 6.42 Å². The number of nitrogens with zero attached hydrogens (tertiary/aromatic N) is 2. The van der Waals surface area contributed by atoms with Gasteiger partial charge < -0.3 is 19.3 Å². The number of hydrogen-bond acceptors (Lipinski definition) is 4. The van der Waals surface area contributed by atoms with Crippen LogP contribution >= 0.6 is 0 Å². The molecule has 0 bridgehead atoms. The Labute approximate surface area is 339 Å². The van der Waals surface area contributed by atoms with Gasteiger partial charge in [-0.15, -0.1) is 0 Å². The van der Waals surface area contributed by atoms with Crippen molar-refractivity contribution in [2.45, 2.75) is 19.8 Å². The van der Waals surface area contributed by atoms with Crippen molar-refractivity contribution in [2.75, 3.05) is 9.80 Å². The molecule has 4 nitrogen and oxygen atoms in total. The van der Waals surface area contributed by atoms with Crippen molar-refractivity contribution in [1.82, 2.24) is 0 Å². The fourth-order valence-corrected chi connectivity index (χ4v) is 9.22. The molecule has 9 aromatic carbocycles. The Morgan fingerprint density at radius 1 is 0.379 bits per heavy atom. The minimum absolute atomic E-state index is 0.144. The summed E-state index contributed by atoms with van der Waals surface area (Å²) in [7, 11) is 0. The van der Waals surface area contributed by atoms with Crippen molar-refractivity contribution in [3.8, 4) is 23.0 Å². The number of anilines is 6. The van der Waals surface area contributed by atoms with Gasteiger partial charge in [0.05, 0.1) is 11.4 Å². The van der Waals surface area contributed by atoms with E-state index in [2.05, 4.69) is 211 Å². The summed E-state index contributed by atoms with van der Waals surface area (Å²) in [4.78, 5) is 4.70. The molecule has 5 heteroatoms. The zero-order valence-electron chi connectivity index (χ0n) is 32.2. The van der Waals surface area contributed by atoms with Crippen LogP contribution in [0.15, 0.2) is 194 Å². The molecule has 0 aliphatic carbocycles. The Balaban J connectivity index is 1.21. The van der Waals surface area contributed by atoms with Gasteiger partial charge in [0.1, 0.15) is 23.0 Å². The van der Waals surface area contributed by atoms with E-state index >= 15 is 0 Å². The summed E-state index contributed by atoms with van der Waals surface area (Å²) in [5, 5.41) is 4.61. The van der Waals surface area contributed by atoms with Crippen molar-refractivity contribution in [3.63, 3.8) is 0 Å². The van der Waals surface area contributed by atoms with E-state index < -0.39 is 0 Å². The lowest BCUT2D eigenvalue weighted by atomic mass is 9.33. The van der Waals surface area contributed by atoms with Crippen molar-refractivity contribution >= 4 is 78.8 Å². The van der Waals surface area contributed by atoms with Gasteiger partial charge in [0.25, 0.3) is 6.71 Å². The van der Waals surface area contributed by atoms with Gasteiger partial charge in [-0.1, -0.05) is 135 Å². The van der Waals surface area contributed by atoms with Gasteiger partial charge >= 0.3 is 0 Å². The van der Waals surface area contributed by atoms with Crippen molar-refractivity contribution in [3.05, 3.63) is 200 Å².